The predicted molar refractivity (Wildman–Crippen MR) is 53.4 cm³/mol. The molecule has 1 heterocycles. The fourth-order valence-electron chi connectivity index (χ4n) is 1.06. The molecule has 0 radical (unpaired) electrons. The summed E-state index contributed by atoms with van der Waals surface area (Å²) in [5.74, 6) is -0.0116. The maximum Gasteiger partial charge on any atom is 0.364 e. The number of rotatable bonds is 2. The maximum absolute atomic E-state index is 11.5. The molecule has 15 heavy (non-hydrogen) atoms. The number of esters is 1. The number of carbonyl (C=O) groups is 1. The lowest BCUT2D eigenvalue weighted by atomic mass is 10.3. The number of carbonyl (C=O) groups excluding carboxylic acids is 1. The van der Waals surface area contributed by atoms with Crippen LogP contribution in [0.4, 0.5) is 0 Å². The third-order valence-electron chi connectivity index (χ3n) is 1.74. The van der Waals surface area contributed by atoms with Gasteiger partial charge in [0.15, 0.2) is 5.69 Å². The maximum atomic E-state index is 11.5. The Labute approximate surface area is 86.5 Å². The molecule has 1 aromatic carbocycles. The van der Waals surface area contributed by atoms with Gasteiger partial charge in [-0.05, 0) is 24.3 Å². The molecule has 1 aromatic heterocycles. The lowest BCUT2D eigenvalue weighted by Gasteiger charge is -2.01. The van der Waals surface area contributed by atoms with E-state index in [1.165, 1.54) is 6.20 Å². The summed E-state index contributed by atoms with van der Waals surface area (Å²) < 4.78 is 5.06. The van der Waals surface area contributed by atoms with Crippen LogP contribution in [-0.4, -0.2) is 16.2 Å². The normalized spacial score (nSPS) is 9.60. The molecule has 0 unspecified atom stereocenters. The topological polar surface area (TPSA) is 52.1 Å². The van der Waals surface area contributed by atoms with Crippen LogP contribution < -0.4 is 4.74 Å². The van der Waals surface area contributed by atoms with E-state index in [2.05, 4.69) is 10.2 Å². The molecular weight excluding hydrogens is 192 g/mol. The minimum absolute atomic E-state index is 0.196. The highest BCUT2D eigenvalue weighted by Gasteiger charge is 2.09. The largest absolute Gasteiger partial charge is 0.422 e. The number of hydrogen-bond acceptors (Lipinski definition) is 4. The van der Waals surface area contributed by atoms with Gasteiger partial charge in [-0.1, -0.05) is 18.2 Å². The van der Waals surface area contributed by atoms with Gasteiger partial charge in [0.25, 0.3) is 0 Å². The van der Waals surface area contributed by atoms with Gasteiger partial charge in [-0.15, -0.1) is 5.10 Å². The van der Waals surface area contributed by atoms with Crippen LogP contribution in [0.3, 0.4) is 0 Å². The zero-order valence-electron chi connectivity index (χ0n) is 7.83. The summed E-state index contributed by atoms with van der Waals surface area (Å²) in [6.07, 6.45) is 1.50. The van der Waals surface area contributed by atoms with Crippen LogP contribution in [0, 0.1) is 0 Å². The fourth-order valence-corrected chi connectivity index (χ4v) is 1.06. The van der Waals surface area contributed by atoms with E-state index in [0.29, 0.717) is 5.75 Å². The minimum atomic E-state index is -0.505. The zero-order valence-corrected chi connectivity index (χ0v) is 7.83. The fraction of sp³-hybridized carbons (Fsp3) is 0. The first-order valence-corrected chi connectivity index (χ1v) is 4.41. The zero-order chi connectivity index (χ0) is 10.5. The molecule has 4 nitrogen and oxygen atoms in total. The molecule has 0 aliphatic rings. The highest BCUT2D eigenvalue weighted by Crippen LogP contribution is 2.10. The summed E-state index contributed by atoms with van der Waals surface area (Å²) >= 11 is 0. The van der Waals surface area contributed by atoms with Crippen LogP contribution in [0.5, 0.6) is 5.75 Å². The molecule has 0 amide bonds. The smallest absolute Gasteiger partial charge is 0.364 e. The van der Waals surface area contributed by atoms with Gasteiger partial charge < -0.3 is 4.74 Å². The lowest BCUT2D eigenvalue weighted by molar-refractivity contribution is 0.0727. The monoisotopic (exact) mass is 200 g/mol. The van der Waals surface area contributed by atoms with Gasteiger partial charge in [-0.2, -0.15) is 5.10 Å². The first-order valence-electron chi connectivity index (χ1n) is 4.41. The third kappa shape index (κ3) is 2.37. The second kappa shape index (κ2) is 4.32. The Balaban J connectivity index is 2.12. The summed E-state index contributed by atoms with van der Waals surface area (Å²) in [5, 5.41) is 7.25. The average Bonchev–Trinajstić information content (AvgIpc) is 2.31. The summed E-state index contributed by atoms with van der Waals surface area (Å²) in [6, 6.07) is 12.0. The highest BCUT2D eigenvalue weighted by molar-refractivity contribution is 5.88. The molecule has 0 saturated heterocycles. The van der Waals surface area contributed by atoms with E-state index in [9.17, 15) is 4.79 Å². The Bertz CT molecular complexity index is 443. The third-order valence-corrected chi connectivity index (χ3v) is 1.74. The number of benzene rings is 1. The Kier molecular flexibility index (Phi) is 2.69. The number of nitrogens with zero attached hydrogens (tertiary/aromatic N) is 2. The molecule has 4 heteroatoms. The molecule has 0 spiro atoms. The summed E-state index contributed by atoms with van der Waals surface area (Å²) in [4.78, 5) is 11.5. The first kappa shape index (κ1) is 9.33. The van der Waals surface area contributed by atoms with Gasteiger partial charge in [0.05, 0.1) is 0 Å². The van der Waals surface area contributed by atoms with E-state index in [1.54, 1.807) is 36.4 Å². The van der Waals surface area contributed by atoms with E-state index < -0.39 is 5.97 Å². The molecule has 2 rings (SSSR count). The van der Waals surface area contributed by atoms with Crippen LogP contribution in [0.2, 0.25) is 0 Å². The molecule has 0 fully saturated rings. The van der Waals surface area contributed by atoms with Crippen LogP contribution in [0.1, 0.15) is 10.5 Å². The SMILES string of the molecule is O=C(Oc1ccccc1)c1cccnn1. The molecule has 0 aliphatic carbocycles. The van der Waals surface area contributed by atoms with Gasteiger partial charge >= 0.3 is 5.97 Å². The summed E-state index contributed by atoms with van der Waals surface area (Å²) in [5.41, 5.74) is 0.196. The molecule has 0 N–H and O–H groups in total. The molecule has 0 atom stereocenters. The van der Waals surface area contributed by atoms with E-state index in [4.69, 9.17) is 4.74 Å². The van der Waals surface area contributed by atoms with Crippen LogP contribution >= 0.6 is 0 Å². The summed E-state index contributed by atoms with van der Waals surface area (Å²) in [6.45, 7) is 0. The standard InChI is InChI=1S/C11H8N2O2/c14-11(10-7-4-8-12-13-10)15-9-5-2-1-3-6-9/h1-8H. The molecule has 0 bridgehead atoms. The van der Waals surface area contributed by atoms with Crippen molar-refractivity contribution in [2.24, 2.45) is 0 Å². The summed E-state index contributed by atoms with van der Waals surface area (Å²) in [7, 11) is 0. The lowest BCUT2D eigenvalue weighted by Crippen LogP contribution is -2.10. The van der Waals surface area contributed by atoms with Crippen molar-refractivity contribution < 1.29 is 9.53 Å². The van der Waals surface area contributed by atoms with Crippen molar-refractivity contribution in [1.82, 2.24) is 10.2 Å². The number of hydrogen-bond donors (Lipinski definition) is 0. The van der Waals surface area contributed by atoms with Crippen molar-refractivity contribution in [3.05, 3.63) is 54.4 Å². The Morgan fingerprint density at radius 3 is 2.53 bits per heavy atom. The molecule has 74 valence electrons. The molecule has 2 aromatic rings. The van der Waals surface area contributed by atoms with Crippen molar-refractivity contribution in [1.29, 1.82) is 0 Å². The van der Waals surface area contributed by atoms with Crippen molar-refractivity contribution >= 4 is 5.97 Å². The van der Waals surface area contributed by atoms with Crippen molar-refractivity contribution in [2.45, 2.75) is 0 Å². The molecular formula is C11H8N2O2. The van der Waals surface area contributed by atoms with E-state index in [-0.39, 0.29) is 5.69 Å². The van der Waals surface area contributed by atoms with Gasteiger partial charge in [-0.25, -0.2) is 4.79 Å². The Morgan fingerprint density at radius 2 is 1.87 bits per heavy atom. The molecule has 0 saturated carbocycles. The van der Waals surface area contributed by atoms with Crippen LogP contribution in [-0.2, 0) is 0 Å². The van der Waals surface area contributed by atoms with Gasteiger partial charge in [0, 0.05) is 6.20 Å². The van der Waals surface area contributed by atoms with Crippen molar-refractivity contribution in [3.8, 4) is 5.75 Å². The average molecular weight is 200 g/mol. The minimum Gasteiger partial charge on any atom is -0.422 e. The van der Waals surface area contributed by atoms with Crippen LogP contribution in [0.15, 0.2) is 48.7 Å². The van der Waals surface area contributed by atoms with E-state index in [1.807, 2.05) is 6.07 Å². The number of ether oxygens (including phenoxy) is 1. The molecule has 0 aliphatic heterocycles. The second-order valence-electron chi connectivity index (χ2n) is 2.81. The predicted octanol–water partition coefficient (Wildman–Crippen LogP) is 1.70. The van der Waals surface area contributed by atoms with E-state index >= 15 is 0 Å². The van der Waals surface area contributed by atoms with Gasteiger partial charge in [0.2, 0.25) is 0 Å². The number of para-hydroxylation sites is 1. The Hall–Kier alpha value is -2.23. The van der Waals surface area contributed by atoms with Crippen molar-refractivity contribution in [3.63, 3.8) is 0 Å². The van der Waals surface area contributed by atoms with Gasteiger partial charge in [-0.3, -0.25) is 0 Å². The van der Waals surface area contributed by atoms with Crippen molar-refractivity contribution in [2.75, 3.05) is 0 Å². The second-order valence-corrected chi connectivity index (χ2v) is 2.81. The first-order chi connectivity index (χ1) is 7.36. The van der Waals surface area contributed by atoms with Crippen LogP contribution in [0.25, 0.3) is 0 Å². The van der Waals surface area contributed by atoms with E-state index in [0.717, 1.165) is 0 Å². The van der Waals surface area contributed by atoms with Gasteiger partial charge in [0.1, 0.15) is 5.75 Å². The number of aromatic nitrogens is 2. The highest BCUT2D eigenvalue weighted by atomic mass is 16.5. The quantitative estimate of drug-likeness (QED) is 0.546. The Morgan fingerprint density at radius 1 is 1.07 bits per heavy atom.